The number of fused-ring (bicyclic) bond motifs is 2. The lowest BCUT2D eigenvalue weighted by Crippen LogP contribution is -2.44. The highest BCUT2D eigenvalue weighted by Crippen LogP contribution is 2.36. The zero-order chi connectivity index (χ0) is 11.8. The van der Waals surface area contributed by atoms with Gasteiger partial charge in [0.2, 0.25) is 0 Å². The summed E-state index contributed by atoms with van der Waals surface area (Å²) >= 11 is 3.46. The van der Waals surface area contributed by atoms with Gasteiger partial charge in [-0.15, -0.1) is 0 Å². The predicted octanol–water partition coefficient (Wildman–Crippen LogP) is 2.33. The smallest absolute Gasteiger partial charge is 0.0570 e. The van der Waals surface area contributed by atoms with E-state index < -0.39 is 0 Å². The van der Waals surface area contributed by atoms with Crippen molar-refractivity contribution in [2.45, 2.75) is 50.4 Å². The van der Waals surface area contributed by atoms with Crippen LogP contribution in [0.4, 0.5) is 0 Å². The van der Waals surface area contributed by atoms with Crippen LogP contribution in [-0.2, 0) is 6.54 Å². The first kappa shape index (κ1) is 11.6. The van der Waals surface area contributed by atoms with Crippen molar-refractivity contribution < 1.29 is 5.11 Å². The summed E-state index contributed by atoms with van der Waals surface area (Å²) in [5.74, 6) is 0. The van der Waals surface area contributed by atoms with Gasteiger partial charge in [-0.3, -0.25) is 9.88 Å². The van der Waals surface area contributed by atoms with Crippen molar-refractivity contribution in [2.75, 3.05) is 0 Å². The fourth-order valence-electron chi connectivity index (χ4n) is 3.26. The summed E-state index contributed by atoms with van der Waals surface area (Å²) in [6.07, 6.45) is 8.04. The third kappa shape index (κ3) is 2.39. The van der Waals surface area contributed by atoms with Gasteiger partial charge in [0.05, 0.1) is 6.10 Å². The molecule has 4 heteroatoms. The van der Waals surface area contributed by atoms with Gasteiger partial charge < -0.3 is 5.11 Å². The maximum absolute atomic E-state index is 9.77. The zero-order valence-corrected chi connectivity index (χ0v) is 11.3. The number of hydrogen-bond donors (Lipinski definition) is 1. The molecule has 2 atom stereocenters. The summed E-state index contributed by atoms with van der Waals surface area (Å²) in [6.45, 7) is 0.967. The number of hydrogen-bond acceptors (Lipinski definition) is 3. The van der Waals surface area contributed by atoms with Crippen LogP contribution in [0, 0.1) is 0 Å². The lowest BCUT2D eigenvalue weighted by atomic mass is 9.99. The van der Waals surface area contributed by atoms with Crippen molar-refractivity contribution in [1.82, 2.24) is 9.88 Å². The van der Waals surface area contributed by atoms with Crippen molar-refractivity contribution >= 4 is 15.9 Å². The molecule has 1 aromatic heterocycles. The summed E-state index contributed by atoms with van der Waals surface area (Å²) < 4.78 is 1.04. The minimum absolute atomic E-state index is 0.0793. The molecular weight excluding hydrogens is 280 g/mol. The van der Waals surface area contributed by atoms with Crippen LogP contribution in [0.1, 0.15) is 31.2 Å². The Balaban J connectivity index is 1.74. The molecule has 2 bridgehead atoms. The largest absolute Gasteiger partial charge is 0.393 e. The summed E-state index contributed by atoms with van der Waals surface area (Å²) in [6, 6.07) is 3.28. The maximum atomic E-state index is 9.77. The molecule has 0 radical (unpaired) electrons. The minimum Gasteiger partial charge on any atom is -0.393 e. The molecule has 2 aliphatic rings. The topological polar surface area (TPSA) is 36.4 Å². The van der Waals surface area contributed by atoms with E-state index >= 15 is 0 Å². The molecule has 3 nitrogen and oxygen atoms in total. The Morgan fingerprint density at radius 1 is 1.29 bits per heavy atom. The van der Waals surface area contributed by atoms with Crippen molar-refractivity contribution in [2.24, 2.45) is 0 Å². The normalized spacial score (nSPS) is 32.9. The second-order valence-corrected chi connectivity index (χ2v) is 6.11. The van der Waals surface area contributed by atoms with Gasteiger partial charge in [-0.1, -0.05) is 0 Å². The number of aromatic nitrogens is 1. The molecule has 0 aromatic carbocycles. The molecule has 2 aliphatic heterocycles. The molecule has 0 spiro atoms. The number of rotatable bonds is 2. The Morgan fingerprint density at radius 3 is 2.65 bits per heavy atom. The number of pyridine rings is 1. The number of aliphatic hydroxyl groups excluding tert-OH is 1. The van der Waals surface area contributed by atoms with Gasteiger partial charge >= 0.3 is 0 Å². The molecule has 0 aliphatic carbocycles. The van der Waals surface area contributed by atoms with Crippen LogP contribution < -0.4 is 0 Å². The van der Waals surface area contributed by atoms with Gasteiger partial charge in [-0.05, 0) is 53.2 Å². The van der Waals surface area contributed by atoms with E-state index in [9.17, 15) is 5.11 Å². The quantitative estimate of drug-likeness (QED) is 0.910. The van der Waals surface area contributed by atoms with Crippen molar-refractivity contribution in [3.05, 3.63) is 28.5 Å². The predicted molar refractivity (Wildman–Crippen MR) is 69.5 cm³/mol. The number of halogens is 1. The van der Waals surface area contributed by atoms with Crippen LogP contribution in [-0.4, -0.2) is 33.2 Å². The van der Waals surface area contributed by atoms with Crippen LogP contribution in [0.3, 0.4) is 0 Å². The van der Waals surface area contributed by atoms with Gasteiger partial charge in [-0.25, -0.2) is 0 Å². The molecule has 2 unspecified atom stereocenters. The SMILES string of the molecule is OC1CC2CCC(C1)N2Cc1cncc(Br)c1. The van der Waals surface area contributed by atoms with Gasteiger partial charge in [0.1, 0.15) is 0 Å². The van der Waals surface area contributed by atoms with E-state index in [-0.39, 0.29) is 6.10 Å². The van der Waals surface area contributed by atoms with E-state index in [1.54, 1.807) is 0 Å². The van der Waals surface area contributed by atoms with Gasteiger partial charge in [0.15, 0.2) is 0 Å². The second kappa shape index (κ2) is 4.67. The average molecular weight is 297 g/mol. The molecule has 1 N–H and O–H groups in total. The van der Waals surface area contributed by atoms with E-state index in [1.807, 2.05) is 12.4 Å². The minimum atomic E-state index is -0.0793. The first-order valence-electron chi connectivity index (χ1n) is 6.25. The average Bonchev–Trinajstić information content (AvgIpc) is 2.54. The molecule has 0 amide bonds. The van der Waals surface area contributed by atoms with E-state index in [2.05, 4.69) is 31.9 Å². The summed E-state index contributed by atoms with van der Waals surface area (Å²) in [5, 5.41) is 9.77. The monoisotopic (exact) mass is 296 g/mol. The van der Waals surface area contributed by atoms with E-state index in [0.29, 0.717) is 12.1 Å². The van der Waals surface area contributed by atoms with E-state index in [0.717, 1.165) is 23.9 Å². The Morgan fingerprint density at radius 2 is 2.00 bits per heavy atom. The van der Waals surface area contributed by atoms with Crippen LogP contribution in [0.25, 0.3) is 0 Å². The van der Waals surface area contributed by atoms with E-state index in [4.69, 9.17) is 0 Å². The van der Waals surface area contributed by atoms with Crippen molar-refractivity contribution in [3.63, 3.8) is 0 Å². The Kier molecular flexibility index (Phi) is 3.19. The highest BCUT2D eigenvalue weighted by molar-refractivity contribution is 9.10. The Bertz CT molecular complexity index is 398. The molecule has 0 saturated carbocycles. The molecular formula is C13H17BrN2O. The molecule has 2 fully saturated rings. The lowest BCUT2D eigenvalue weighted by Gasteiger charge is -2.37. The van der Waals surface area contributed by atoms with Gasteiger partial charge in [0.25, 0.3) is 0 Å². The number of nitrogens with zero attached hydrogens (tertiary/aromatic N) is 2. The maximum Gasteiger partial charge on any atom is 0.0570 e. The van der Waals surface area contributed by atoms with Crippen LogP contribution in [0.15, 0.2) is 22.9 Å². The summed E-state index contributed by atoms with van der Waals surface area (Å²) in [7, 11) is 0. The van der Waals surface area contributed by atoms with Gasteiger partial charge in [-0.2, -0.15) is 0 Å². The summed E-state index contributed by atoms with van der Waals surface area (Å²) in [4.78, 5) is 6.76. The van der Waals surface area contributed by atoms with Crippen LogP contribution >= 0.6 is 15.9 Å². The molecule has 17 heavy (non-hydrogen) atoms. The Hall–Kier alpha value is -0.450. The highest BCUT2D eigenvalue weighted by atomic mass is 79.9. The molecule has 92 valence electrons. The first-order valence-corrected chi connectivity index (χ1v) is 7.05. The third-order valence-corrected chi connectivity index (χ3v) is 4.42. The van der Waals surface area contributed by atoms with Crippen LogP contribution in [0.2, 0.25) is 0 Å². The lowest BCUT2D eigenvalue weighted by molar-refractivity contribution is 0.0310. The molecule has 1 aromatic rings. The Labute approximate surface area is 110 Å². The first-order chi connectivity index (χ1) is 8.22. The zero-order valence-electron chi connectivity index (χ0n) is 9.72. The highest BCUT2D eigenvalue weighted by Gasteiger charge is 2.39. The molecule has 2 saturated heterocycles. The van der Waals surface area contributed by atoms with Gasteiger partial charge in [0, 0.05) is 35.5 Å². The van der Waals surface area contributed by atoms with Crippen molar-refractivity contribution in [3.8, 4) is 0 Å². The standard InChI is InChI=1S/C13H17BrN2O/c14-10-3-9(6-15-7-10)8-16-11-1-2-12(16)5-13(17)4-11/h3,6-7,11-13,17H,1-2,4-5,8H2. The third-order valence-electron chi connectivity index (χ3n) is 3.99. The van der Waals surface area contributed by atoms with E-state index in [1.165, 1.54) is 18.4 Å². The number of piperidine rings is 1. The fourth-order valence-corrected chi connectivity index (χ4v) is 3.67. The van der Waals surface area contributed by atoms with Crippen molar-refractivity contribution in [1.29, 1.82) is 0 Å². The molecule has 3 heterocycles. The molecule has 3 rings (SSSR count). The number of aliphatic hydroxyl groups is 1. The summed E-state index contributed by atoms with van der Waals surface area (Å²) in [5.41, 5.74) is 1.26. The van der Waals surface area contributed by atoms with Crippen LogP contribution in [0.5, 0.6) is 0 Å². The second-order valence-electron chi connectivity index (χ2n) is 5.19. The fraction of sp³-hybridized carbons (Fsp3) is 0.615.